The van der Waals surface area contributed by atoms with Gasteiger partial charge in [-0.2, -0.15) is 0 Å². The Morgan fingerprint density at radius 2 is 1.87 bits per heavy atom. The molecule has 3 nitrogen and oxygen atoms in total. The minimum absolute atomic E-state index is 0.00884. The molecular weight excluding hydrogens is 308 g/mol. The van der Waals surface area contributed by atoms with Gasteiger partial charge in [-0.15, -0.1) is 0 Å². The zero-order valence-electron chi connectivity index (χ0n) is 13.2. The molecule has 1 aromatic heterocycles. The zero-order chi connectivity index (χ0) is 16.4. The van der Waals surface area contributed by atoms with Gasteiger partial charge in [-0.05, 0) is 43.2 Å². The molecule has 3 rings (SSSR count). The van der Waals surface area contributed by atoms with Crippen LogP contribution < -0.4 is 5.32 Å². The minimum atomic E-state index is 0.00884. The summed E-state index contributed by atoms with van der Waals surface area (Å²) in [6.45, 7) is 4.57. The highest BCUT2D eigenvalue weighted by molar-refractivity contribution is 6.31. The molecule has 0 spiro atoms. The second-order valence-corrected chi connectivity index (χ2v) is 6.29. The molecule has 0 radical (unpaired) electrons. The fraction of sp³-hybridized carbons (Fsp3) is 0.211. The van der Waals surface area contributed by atoms with Crippen molar-refractivity contribution in [2.75, 3.05) is 0 Å². The van der Waals surface area contributed by atoms with E-state index in [1.165, 1.54) is 5.56 Å². The molecule has 0 unspecified atom stereocenters. The lowest BCUT2D eigenvalue weighted by atomic mass is 10.1. The van der Waals surface area contributed by atoms with Gasteiger partial charge in [-0.3, -0.25) is 4.79 Å². The summed E-state index contributed by atoms with van der Waals surface area (Å²) in [7, 11) is 0. The predicted molar refractivity (Wildman–Crippen MR) is 94.8 cm³/mol. The van der Waals surface area contributed by atoms with E-state index in [1.807, 2.05) is 56.3 Å². The van der Waals surface area contributed by atoms with Crippen LogP contribution in [0.1, 0.15) is 22.4 Å². The molecule has 1 heterocycles. The fourth-order valence-electron chi connectivity index (χ4n) is 2.71. The van der Waals surface area contributed by atoms with Crippen LogP contribution in [0.25, 0.3) is 10.9 Å². The molecule has 3 aromatic rings. The average molecular weight is 327 g/mol. The van der Waals surface area contributed by atoms with Gasteiger partial charge >= 0.3 is 0 Å². The van der Waals surface area contributed by atoms with E-state index in [0.717, 1.165) is 27.7 Å². The molecule has 23 heavy (non-hydrogen) atoms. The van der Waals surface area contributed by atoms with Crippen LogP contribution in [0.4, 0.5) is 0 Å². The first-order valence-electron chi connectivity index (χ1n) is 7.62. The molecule has 4 heteroatoms. The Morgan fingerprint density at radius 3 is 2.61 bits per heavy atom. The van der Waals surface area contributed by atoms with Crippen LogP contribution in [0.3, 0.4) is 0 Å². The number of carbonyl (C=O) groups excluding carboxylic acids is 1. The fourth-order valence-corrected chi connectivity index (χ4v) is 2.88. The summed E-state index contributed by atoms with van der Waals surface area (Å²) in [6, 6.07) is 13.9. The third kappa shape index (κ3) is 3.57. The number of aromatic nitrogens is 1. The number of fused-ring (bicyclic) bond motifs is 1. The van der Waals surface area contributed by atoms with Gasteiger partial charge in [0.2, 0.25) is 5.91 Å². The Bertz CT molecular complexity index is 850. The molecule has 118 valence electrons. The number of nitrogens with one attached hydrogen (secondary N) is 2. The van der Waals surface area contributed by atoms with Crippen molar-refractivity contribution >= 4 is 28.4 Å². The molecule has 0 aliphatic carbocycles. The van der Waals surface area contributed by atoms with Crippen LogP contribution in [0.5, 0.6) is 0 Å². The molecule has 0 bridgehead atoms. The number of benzene rings is 2. The second-order valence-electron chi connectivity index (χ2n) is 5.86. The van der Waals surface area contributed by atoms with E-state index in [9.17, 15) is 4.79 Å². The molecular formula is C19H19ClN2O. The quantitative estimate of drug-likeness (QED) is 0.737. The van der Waals surface area contributed by atoms with Gasteiger partial charge in [-0.1, -0.05) is 41.4 Å². The molecule has 0 atom stereocenters. The zero-order valence-corrected chi connectivity index (χ0v) is 14.0. The van der Waals surface area contributed by atoms with Crippen LogP contribution in [0.15, 0.2) is 42.5 Å². The molecule has 0 saturated heterocycles. The highest BCUT2D eigenvalue weighted by atomic mass is 35.5. The first-order chi connectivity index (χ1) is 11.0. The molecule has 2 aromatic carbocycles. The summed E-state index contributed by atoms with van der Waals surface area (Å²) >= 11 is 6.08. The summed E-state index contributed by atoms with van der Waals surface area (Å²) < 4.78 is 0. The number of halogens is 1. The van der Waals surface area contributed by atoms with Crippen LogP contribution in [-0.2, 0) is 17.8 Å². The van der Waals surface area contributed by atoms with Gasteiger partial charge in [0.1, 0.15) is 0 Å². The van der Waals surface area contributed by atoms with Gasteiger partial charge in [0.15, 0.2) is 0 Å². The standard InChI is InChI=1S/C19H19ClN2O/c1-12-3-5-14(6-4-12)11-21-19(23)10-16-13(2)22-18-8-7-15(20)9-17(16)18/h3-9,22H,10-11H2,1-2H3,(H,21,23). The topological polar surface area (TPSA) is 44.9 Å². The highest BCUT2D eigenvalue weighted by Crippen LogP contribution is 2.25. The first-order valence-corrected chi connectivity index (χ1v) is 7.99. The van der Waals surface area contributed by atoms with E-state index in [-0.39, 0.29) is 5.91 Å². The van der Waals surface area contributed by atoms with Crippen molar-refractivity contribution in [1.29, 1.82) is 0 Å². The van der Waals surface area contributed by atoms with E-state index >= 15 is 0 Å². The van der Waals surface area contributed by atoms with Crippen molar-refractivity contribution in [1.82, 2.24) is 10.3 Å². The third-order valence-electron chi connectivity index (χ3n) is 4.03. The van der Waals surface area contributed by atoms with Crippen molar-refractivity contribution in [3.8, 4) is 0 Å². The number of hydrogen-bond acceptors (Lipinski definition) is 1. The van der Waals surface area contributed by atoms with E-state index < -0.39 is 0 Å². The number of aromatic amines is 1. The van der Waals surface area contributed by atoms with Crippen molar-refractivity contribution < 1.29 is 4.79 Å². The Morgan fingerprint density at radius 1 is 1.13 bits per heavy atom. The second kappa shape index (κ2) is 6.47. The maximum atomic E-state index is 12.3. The number of hydrogen-bond donors (Lipinski definition) is 2. The van der Waals surface area contributed by atoms with Crippen LogP contribution >= 0.6 is 11.6 Å². The maximum Gasteiger partial charge on any atom is 0.224 e. The van der Waals surface area contributed by atoms with Crippen molar-refractivity contribution in [2.24, 2.45) is 0 Å². The van der Waals surface area contributed by atoms with Crippen molar-refractivity contribution in [3.63, 3.8) is 0 Å². The van der Waals surface area contributed by atoms with E-state index in [1.54, 1.807) is 0 Å². The molecule has 0 fully saturated rings. The lowest BCUT2D eigenvalue weighted by Gasteiger charge is -2.06. The monoisotopic (exact) mass is 326 g/mol. The van der Waals surface area contributed by atoms with Gasteiger partial charge in [0, 0.05) is 28.2 Å². The number of aryl methyl sites for hydroxylation is 2. The Kier molecular flexibility index (Phi) is 4.39. The van der Waals surface area contributed by atoms with Crippen molar-refractivity contribution in [2.45, 2.75) is 26.8 Å². The first kappa shape index (κ1) is 15.6. The van der Waals surface area contributed by atoms with Gasteiger partial charge in [0.05, 0.1) is 6.42 Å². The summed E-state index contributed by atoms with van der Waals surface area (Å²) in [5.74, 6) is 0.00884. The van der Waals surface area contributed by atoms with Gasteiger partial charge in [0.25, 0.3) is 0 Å². The summed E-state index contributed by atoms with van der Waals surface area (Å²) in [5, 5.41) is 4.67. The summed E-state index contributed by atoms with van der Waals surface area (Å²) in [5.41, 5.74) is 5.33. The number of carbonyl (C=O) groups is 1. The van der Waals surface area contributed by atoms with E-state index in [0.29, 0.717) is 18.0 Å². The number of rotatable bonds is 4. The van der Waals surface area contributed by atoms with E-state index in [4.69, 9.17) is 11.6 Å². The lowest BCUT2D eigenvalue weighted by Crippen LogP contribution is -2.24. The normalized spacial score (nSPS) is 10.9. The molecule has 0 aliphatic rings. The smallest absolute Gasteiger partial charge is 0.224 e. The van der Waals surface area contributed by atoms with Gasteiger partial charge < -0.3 is 10.3 Å². The van der Waals surface area contributed by atoms with Crippen LogP contribution in [0.2, 0.25) is 5.02 Å². The van der Waals surface area contributed by atoms with Crippen LogP contribution in [0, 0.1) is 13.8 Å². The Hall–Kier alpha value is -2.26. The average Bonchev–Trinajstić information content (AvgIpc) is 2.82. The predicted octanol–water partition coefficient (Wildman–Crippen LogP) is 4.30. The van der Waals surface area contributed by atoms with Crippen LogP contribution in [-0.4, -0.2) is 10.9 Å². The third-order valence-corrected chi connectivity index (χ3v) is 4.26. The minimum Gasteiger partial charge on any atom is -0.358 e. The maximum absolute atomic E-state index is 12.3. The van der Waals surface area contributed by atoms with Gasteiger partial charge in [-0.25, -0.2) is 0 Å². The largest absolute Gasteiger partial charge is 0.358 e. The molecule has 2 N–H and O–H groups in total. The summed E-state index contributed by atoms with van der Waals surface area (Å²) in [6.07, 6.45) is 0.345. The highest BCUT2D eigenvalue weighted by Gasteiger charge is 2.12. The number of amides is 1. The SMILES string of the molecule is Cc1ccc(CNC(=O)Cc2c(C)[nH]c3ccc(Cl)cc23)cc1. The van der Waals surface area contributed by atoms with Crippen molar-refractivity contribution in [3.05, 3.63) is 69.9 Å². The van der Waals surface area contributed by atoms with E-state index in [2.05, 4.69) is 10.3 Å². The number of H-pyrrole nitrogens is 1. The molecule has 0 aliphatic heterocycles. The molecule has 0 saturated carbocycles. The Balaban J connectivity index is 1.71. The summed E-state index contributed by atoms with van der Waals surface area (Å²) in [4.78, 5) is 15.6. The lowest BCUT2D eigenvalue weighted by molar-refractivity contribution is -0.120. The molecule has 1 amide bonds. The Labute approximate surface area is 140 Å².